The molecule has 0 aliphatic carbocycles. The van der Waals surface area contributed by atoms with Crippen molar-refractivity contribution in [2.45, 2.75) is 6.92 Å². The molecule has 0 fully saturated rings. The molecule has 0 aliphatic rings. The lowest BCUT2D eigenvalue weighted by molar-refractivity contribution is 0.101. The van der Waals surface area contributed by atoms with Crippen molar-refractivity contribution in [3.05, 3.63) is 88.9 Å². The number of nitrogens with one attached hydrogen (secondary N) is 2. The van der Waals surface area contributed by atoms with E-state index in [4.69, 9.17) is 16.3 Å². The summed E-state index contributed by atoms with van der Waals surface area (Å²) in [6, 6.07) is 20.6. The van der Waals surface area contributed by atoms with Crippen molar-refractivity contribution in [1.29, 1.82) is 0 Å². The predicted molar refractivity (Wildman–Crippen MR) is 111 cm³/mol. The van der Waals surface area contributed by atoms with Gasteiger partial charge in [0.2, 0.25) is 0 Å². The second kappa shape index (κ2) is 9.06. The van der Waals surface area contributed by atoms with E-state index in [0.29, 0.717) is 39.9 Å². The highest BCUT2D eigenvalue weighted by atomic mass is 35.5. The van der Waals surface area contributed by atoms with Crippen LogP contribution in [0.5, 0.6) is 5.75 Å². The maximum Gasteiger partial charge on any atom is 0.255 e. The highest BCUT2D eigenvalue weighted by Gasteiger charge is 2.11. The third kappa shape index (κ3) is 4.90. The fourth-order valence-corrected chi connectivity index (χ4v) is 2.74. The third-order valence-electron chi connectivity index (χ3n) is 3.92. The van der Waals surface area contributed by atoms with Gasteiger partial charge in [0.1, 0.15) is 5.75 Å². The molecule has 3 rings (SSSR count). The van der Waals surface area contributed by atoms with Crippen LogP contribution < -0.4 is 15.4 Å². The van der Waals surface area contributed by atoms with Crippen LogP contribution in [0.1, 0.15) is 27.6 Å². The van der Waals surface area contributed by atoms with Gasteiger partial charge in [0.25, 0.3) is 11.8 Å². The molecule has 0 aliphatic heterocycles. The first-order valence-corrected chi connectivity index (χ1v) is 9.15. The fraction of sp³-hybridized carbons (Fsp3) is 0.0909. The van der Waals surface area contributed by atoms with Crippen LogP contribution in [0, 0.1) is 0 Å². The van der Waals surface area contributed by atoms with Crippen LogP contribution in [-0.4, -0.2) is 18.4 Å². The van der Waals surface area contributed by atoms with Crippen molar-refractivity contribution in [3.8, 4) is 5.75 Å². The lowest BCUT2D eigenvalue weighted by atomic mass is 10.2. The van der Waals surface area contributed by atoms with Gasteiger partial charge in [0.15, 0.2) is 0 Å². The molecule has 0 heterocycles. The van der Waals surface area contributed by atoms with Crippen molar-refractivity contribution < 1.29 is 14.3 Å². The number of carbonyl (C=O) groups excluding carboxylic acids is 2. The molecule has 3 aromatic carbocycles. The molecule has 2 N–H and O–H groups in total. The van der Waals surface area contributed by atoms with E-state index in [1.807, 2.05) is 13.0 Å². The molecule has 2 amide bonds. The van der Waals surface area contributed by atoms with Crippen LogP contribution in [0.15, 0.2) is 72.8 Å². The fourth-order valence-electron chi connectivity index (χ4n) is 2.58. The molecule has 3 aromatic rings. The molecule has 0 atom stereocenters. The first-order chi connectivity index (χ1) is 13.6. The minimum absolute atomic E-state index is 0.282. The van der Waals surface area contributed by atoms with Crippen LogP contribution in [-0.2, 0) is 0 Å². The average molecular weight is 395 g/mol. The van der Waals surface area contributed by atoms with Crippen molar-refractivity contribution in [2.75, 3.05) is 17.2 Å². The molecular formula is C22H19ClN2O3. The second-order valence-electron chi connectivity index (χ2n) is 5.93. The van der Waals surface area contributed by atoms with Crippen molar-refractivity contribution in [1.82, 2.24) is 0 Å². The van der Waals surface area contributed by atoms with Crippen LogP contribution in [0.2, 0.25) is 5.02 Å². The first-order valence-electron chi connectivity index (χ1n) is 8.77. The molecule has 5 nitrogen and oxygen atoms in total. The van der Waals surface area contributed by atoms with Crippen LogP contribution in [0.25, 0.3) is 0 Å². The van der Waals surface area contributed by atoms with Gasteiger partial charge in [0, 0.05) is 16.8 Å². The third-order valence-corrected chi connectivity index (χ3v) is 4.25. The molecule has 0 radical (unpaired) electrons. The summed E-state index contributed by atoms with van der Waals surface area (Å²) in [7, 11) is 0. The maximum absolute atomic E-state index is 12.5. The van der Waals surface area contributed by atoms with Crippen LogP contribution in [0.3, 0.4) is 0 Å². The predicted octanol–water partition coefficient (Wildman–Crippen LogP) is 5.24. The zero-order chi connectivity index (χ0) is 19.9. The molecule has 28 heavy (non-hydrogen) atoms. The summed E-state index contributed by atoms with van der Waals surface area (Å²) >= 11 is 6.19. The Morgan fingerprint density at radius 2 is 1.57 bits per heavy atom. The minimum Gasteiger partial charge on any atom is -0.494 e. The van der Waals surface area contributed by atoms with E-state index in [0.717, 1.165) is 0 Å². The number of hydrogen-bond donors (Lipinski definition) is 2. The summed E-state index contributed by atoms with van der Waals surface area (Å²) in [5, 5.41) is 5.94. The lowest BCUT2D eigenvalue weighted by Crippen LogP contribution is -2.14. The summed E-state index contributed by atoms with van der Waals surface area (Å²) in [4.78, 5) is 24.9. The molecule has 0 bridgehead atoms. The van der Waals surface area contributed by atoms with E-state index >= 15 is 0 Å². The van der Waals surface area contributed by atoms with E-state index in [2.05, 4.69) is 10.6 Å². The summed E-state index contributed by atoms with van der Waals surface area (Å²) in [6.45, 7) is 2.40. The van der Waals surface area contributed by atoms with Gasteiger partial charge in [-0.15, -0.1) is 0 Å². The molecule has 0 unspecified atom stereocenters. The molecular weight excluding hydrogens is 376 g/mol. The van der Waals surface area contributed by atoms with E-state index in [1.165, 1.54) is 0 Å². The molecule has 0 aromatic heterocycles. The zero-order valence-electron chi connectivity index (χ0n) is 15.2. The molecule has 0 saturated heterocycles. The Bertz CT molecular complexity index is 990. The van der Waals surface area contributed by atoms with Gasteiger partial charge in [-0.2, -0.15) is 0 Å². The smallest absolute Gasteiger partial charge is 0.255 e. The molecule has 0 saturated carbocycles. The van der Waals surface area contributed by atoms with Gasteiger partial charge in [-0.05, 0) is 55.5 Å². The Morgan fingerprint density at radius 1 is 0.857 bits per heavy atom. The lowest BCUT2D eigenvalue weighted by Gasteiger charge is -2.11. The van der Waals surface area contributed by atoms with Gasteiger partial charge in [-0.25, -0.2) is 0 Å². The number of rotatable bonds is 6. The van der Waals surface area contributed by atoms with Gasteiger partial charge < -0.3 is 15.4 Å². The molecule has 142 valence electrons. The number of anilines is 2. The van der Waals surface area contributed by atoms with Crippen molar-refractivity contribution in [2.24, 2.45) is 0 Å². The number of carbonyl (C=O) groups is 2. The summed E-state index contributed by atoms with van der Waals surface area (Å²) in [6.07, 6.45) is 0. The van der Waals surface area contributed by atoms with E-state index in [1.54, 1.807) is 66.7 Å². The van der Waals surface area contributed by atoms with Crippen molar-refractivity contribution >= 4 is 34.8 Å². The monoisotopic (exact) mass is 394 g/mol. The largest absolute Gasteiger partial charge is 0.494 e. The second-order valence-corrected chi connectivity index (χ2v) is 6.34. The number of hydrogen-bond acceptors (Lipinski definition) is 3. The Kier molecular flexibility index (Phi) is 6.29. The topological polar surface area (TPSA) is 67.4 Å². The molecule has 6 heteroatoms. The number of benzene rings is 3. The van der Waals surface area contributed by atoms with Crippen LogP contribution >= 0.6 is 11.6 Å². The first kappa shape index (κ1) is 19.5. The van der Waals surface area contributed by atoms with E-state index in [-0.39, 0.29) is 11.8 Å². The van der Waals surface area contributed by atoms with E-state index < -0.39 is 0 Å². The Morgan fingerprint density at radius 3 is 2.32 bits per heavy atom. The van der Waals surface area contributed by atoms with Gasteiger partial charge in [0.05, 0.1) is 17.3 Å². The van der Waals surface area contributed by atoms with Gasteiger partial charge in [-0.3, -0.25) is 9.59 Å². The van der Waals surface area contributed by atoms with E-state index in [9.17, 15) is 9.59 Å². The van der Waals surface area contributed by atoms with Gasteiger partial charge in [-0.1, -0.05) is 35.9 Å². The van der Waals surface area contributed by atoms with Gasteiger partial charge >= 0.3 is 0 Å². The average Bonchev–Trinajstić information content (AvgIpc) is 2.71. The Balaban J connectivity index is 1.75. The standard InChI is InChI=1S/C22H19ClN2O3/c1-2-28-18-10-6-9-16(13-18)22(27)24-17-11-12-19(23)20(14-17)25-21(26)15-7-4-3-5-8-15/h3-14H,2H2,1H3,(H,24,27)(H,25,26). The Hall–Kier alpha value is -3.31. The zero-order valence-corrected chi connectivity index (χ0v) is 16.0. The number of amides is 2. The quantitative estimate of drug-likeness (QED) is 0.600. The number of ether oxygens (including phenoxy) is 1. The number of halogens is 1. The minimum atomic E-state index is -0.288. The SMILES string of the molecule is CCOc1cccc(C(=O)Nc2ccc(Cl)c(NC(=O)c3ccccc3)c2)c1. The summed E-state index contributed by atoms with van der Waals surface area (Å²) < 4.78 is 5.42. The molecule has 0 spiro atoms. The maximum atomic E-state index is 12.5. The highest BCUT2D eigenvalue weighted by molar-refractivity contribution is 6.34. The summed E-state index contributed by atoms with van der Waals surface area (Å²) in [5.74, 6) is 0.0571. The highest BCUT2D eigenvalue weighted by Crippen LogP contribution is 2.26. The Labute approximate surface area is 168 Å². The van der Waals surface area contributed by atoms with Crippen LogP contribution in [0.4, 0.5) is 11.4 Å². The normalized spacial score (nSPS) is 10.2. The van der Waals surface area contributed by atoms with Crippen molar-refractivity contribution in [3.63, 3.8) is 0 Å². The summed E-state index contributed by atoms with van der Waals surface area (Å²) in [5.41, 5.74) is 1.91.